The second-order valence-electron chi connectivity index (χ2n) is 6.16. The number of para-hydroxylation sites is 1. The quantitative estimate of drug-likeness (QED) is 0.768. The molecule has 1 fully saturated rings. The molecule has 0 unspecified atom stereocenters. The number of hydrogen-bond acceptors (Lipinski definition) is 5. The molecule has 8 heteroatoms. The Morgan fingerprint density at radius 2 is 2.20 bits per heavy atom. The maximum Gasteiger partial charge on any atom is 0.344 e. The molecule has 0 spiro atoms. The summed E-state index contributed by atoms with van der Waals surface area (Å²) in [6, 6.07) is 5.88. The average Bonchev–Trinajstić information content (AvgIpc) is 3.21. The number of ether oxygens (including phenoxy) is 1. The fraction of sp³-hybridized carbons (Fsp3) is 0.471. The van der Waals surface area contributed by atoms with Crippen LogP contribution in [-0.2, 0) is 16.1 Å². The number of nitrogens with one attached hydrogen (secondary N) is 2. The van der Waals surface area contributed by atoms with Crippen LogP contribution in [0.5, 0.6) is 0 Å². The lowest BCUT2D eigenvalue weighted by Gasteiger charge is -2.12. The van der Waals surface area contributed by atoms with Gasteiger partial charge >= 0.3 is 5.69 Å². The van der Waals surface area contributed by atoms with E-state index in [1.807, 2.05) is 32.0 Å². The number of anilines is 1. The van der Waals surface area contributed by atoms with Gasteiger partial charge in [-0.1, -0.05) is 30.0 Å². The number of hydrogen-bond donors (Lipinski definition) is 2. The largest absolute Gasteiger partial charge is 0.376 e. The number of thioether (sulfide) groups is 1. The van der Waals surface area contributed by atoms with Crippen molar-refractivity contribution in [1.29, 1.82) is 0 Å². The summed E-state index contributed by atoms with van der Waals surface area (Å²) in [7, 11) is 0. The number of nitrogens with zero attached hydrogens (tertiary/aromatic N) is 2. The van der Waals surface area contributed by atoms with E-state index in [9.17, 15) is 9.59 Å². The number of carbonyl (C=O) groups excluding carboxylic acids is 1. The molecule has 3 rings (SSSR count). The van der Waals surface area contributed by atoms with Crippen LogP contribution in [0.25, 0.3) is 0 Å². The lowest BCUT2D eigenvalue weighted by Crippen LogP contribution is -2.25. The molecule has 0 saturated carbocycles. The molecule has 0 bridgehead atoms. The highest BCUT2D eigenvalue weighted by Crippen LogP contribution is 2.21. The van der Waals surface area contributed by atoms with Gasteiger partial charge in [0.15, 0.2) is 5.16 Å². The Kier molecular flexibility index (Phi) is 5.60. The maximum atomic E-state index is 12.3. The van der Waals surface area contributed by atoms with Gasteiger partial charge in [-0.15, -0.1) is 5.10 Å². The van der Waals surface area contributed by atoms with Gasteiger partial charge in [0.1, 0.15) is 0 Å². The van der Waals surface area contributed by atoms with Crippen LogP contribution >= 0.6 is 11.8 Å². The molecule has 2 heterocycles. The van der Waals surface area contributed by atoms with E-state index in [2.05, 4.69) is 15.5 Å². The van der Waals surface area contributed by atoms with E-state index < -0.39 is 0 Å². The zero-order chi connectivity index (χ0) is 17.8. The molecule has 1 saturated heterocycles. The fourth-order valence-corrected chi connectivity index (χ4v) is 3.64. The molecule has 2 N–H and O–H groups in total. The first-order valence-electron chi connectivity index (χ1n) is 8.30. The molecule has 1 aromatic carbocycles. The van der Waals surface area contributed by atoms with Crippen LogP contribution in [0, 0.1) is 13.8 Å². The summed E-state index contributed by atoms with van der Waals surface area (Å²) in [6.45, 7) is 5.12. The van der Waals surface area contributed by atoms with Crippen LogP contribution in [0.4, 0.5) is 5.69 Å². The van der Waals surface area contributed by atoms with Crippen molar-refractivity contribution in [2.45, 2.75) is 44.5 Å². The predicted octanol–water partition coefficient (Wildman–Crippen LogP) is 2.10. The molecule has 1 atom stereocenters. The summed E-state index contributed by atoms with van der Waals surface area (Å²) in [6.07, 6.45) is 1.99. The second kappa shape index (κ2) is 7.88. The smallest absolute Gasteiger partial charge is 0.344 e. The topological polar surface area (TPSA) is 89.0 Å². The molecule has 0 aliphatic carbocycles. The van der Waals surface area contributed by atoms with Gasteiger partial charge in [-0.3, -0.25) is 9.36 Å². The average molecular weight is 362 g/mol. The van der Waals surface area contributed by atoms with Crippen LogP contribution in [0.3, 0.4) is 0 Å². The van der Waals surface area contributed by atoms with Crippen molar-refractivity contribution in [3.8, 4) is 0 Å². The Morgan fingerprint density at radius 3 is 2.88 bits per heavy atom. The molecule has 2 aromatic rings. The third-order valence-electron chi connectivity index (χ3n) is 4.21. The number of amides is 1. The third kappa shape index (κ3) is 4.32. The van der Waals surface area contributed by atoms with Gasteiger partial charge in [-0.2, -0.15) is 0 Å². The van der Waals surface area contributed by atoms with Gasteiger partial charge < -0.3 is 10.1 Å². The first-order valence-corrected chi connectivity index (χ1v) is 9.29. The van der Waals surface area contributed by atoms with Crippen molar-refractivity contribution in [2.24, 2.45) is 0 Å². The monoisotopic (exact) mass is 362 g/mol. The Labute approximate surface area is 150 Å². The minimum Gasteiger partial charge on any atom is -0.376 e. The lowest BCUT2D eigenvalue weighted by molar-refractivity contribution is -0.113. The molecule has 1 amide bonds. The van der Waals surface area contributed by atoms with Crippen LogP contribution < -0.4 is 11.0 Å². The molecule has 1 aromatic heterocycles. The predicted molar refractivity (Wildman–Crippen MR) is 97.1 cm³/mol. The zero-order valence-electron chi connectivity index (χ0n) is 14.4. The standard InChI is InChI=1S/C17H22N4O3S/c1-11-5-3-6-12(2)15(11)18-14(22)10-25-17-20-19-16(23)21(17)9-13-7-4-8-24-13/h3,5-6,13H,4,7-10H2,1-2H3,(H,18,22)(H,19,23)/t13-/m0/s1. The van der Waals surface area contributed by atoms with E-state index in [4.69, 9.17) is 4.74 Å². The normalized spacial score (nSPS) is 17.0. The first-order chi connectivity index (χ1) is 12.0. The minimum atomic E-state index is -0.270. The van der Waals surface area contributed by atoms with Crippen molar-refractivity contribution in [1.82, 2.24) is 14.8 Å². The summed E-state index contributed by atoms with van der Waals surface area (Å²) in [4.78, 5) is 24.2. The Morgan fingerprint density at radius 1 is 1.44 bits per heavy atom. The highest BCUT2D eigenvalue weighted by atomic mass is 32.2. The van der Waals surface area contributed by atoms with E-state index >= 15 is 0 Å². The number of aromatic amines is 1. The van der Waals surface area contributed by atoms with Gasteiger partial charge in [-0.25, -0.2) is 9.89 Å². The Bertz CT molecular complexity index is 788. The third-order valence-corrected chi connectivity index (χ3v) is 5.19. The van der Waals surface area contributed by atoms with Crippen molar-refractivity contribution in [3.63, 3.8) is 0 Å². The van der Waals surface area contributed by atoms with E-state index in [-0.39, 0.29) is 23.5 Å². The highest BCUT2D eigenvalue weighted by Gasteiger charge is 2.20. The SMILES string of the molecule is Cc1cccc(C)c1NC(=O)CSc1n[nH]c(=O)n1C[C@@H]1CCCO1. The summed E-state index contributed by atoms with van der Waals surface area (Å²) >= 11 is 1.24. The van der Waals surface area contributed by atoms with Gasteiger partial charge in [0.25, 0.3) is 0 Å². The van der Waals surface area contributed by atoms with Gasteiger partial charge in [0.05, 0.1) is 18.4 Å². The molecule has 0 radical (unpaired) electrons. The number of aromatic nitrogens is 3. The number of H-pyrrole nitrogens is 1. The number of benzene rings is 1. The lowest BCUT2D eigenvalue weighted by atomic mass is 10.1. The molecule has 1 aliphatic heterocycles. The molecular formula is C17H22N4O3S. The molecule has 25 heavy (non-hydrogen) atoms. The van der Waals surface area contributed by atoms with Crippen molar-refractivity contribution >= 4 is 23.4 Å². The summed E-state index contributed by atoms with van der Waals surface area (Å²) in [5.41, 5.74) is 2.61. The highest BCUT2D eigenvalue weighted by molar-refractivity contribution is 7.99. The van der Waals surface area contributed by atoms with Crippen molar-refractivity contribution in [3.05, 3.63) is 39.8 Å². The molecular weight excluding hydrogens is 340 g/mol. The van der Waals surface area contributed by atoms with Gasteiger partial charge in [0.2, 0.25) is 5.91 Å². The summed E-state index contributed by atoms with van der Waals surface area (Å²) in [5, 5.41) is 9.93. The Balaban J connectivity index is 1.61. The maximum absolute atomic E-state index is 12.3. The van der Waals surface area contributed by atoms with Crippen LogP contribution in [-0.4, -0.2) is 39.1 Å². The number of carbonyl (C=O) groups is 1. The zero-order valence-corrected chi connectivity index (χ0v) is 15.2. The number of rotatable bonds is 6. The first kappa shape index (κ1) is 17.8. The fourth-order valence-electron chi connectivity index (χ4n) is 2.88. The van der Waals surface area contributed by atoms with Crippen LogP contribution in [0.15, 0.2) is 28.2 Å². The van der Waals surface area contributed by atoms with E-state index in [0.717, 1.165) is 36.3 Å². The Hall–Kier alpha value is -2.06. The minimum absolute atomic E-state index is 0.0399. The van der Waals surface area contributed by atoms with Crippen LogP contribution in [0.2, 0.25) is 0 Å². The number of aryl methyl sites for hydroxylation is 2. The van der Waals surface area contributed by atoms with Gasteiger partial charge in [-0.05, 0) is 37.8 Å². The van der Waals surface area contributed by atoms with E-state index in [1.165, 1.54) is 11.8 Å². The van der Waals surface area contributed by atoms with Crippen molar-refractivity contribution < 1.29 is 9.53 Å². The van der Waals surface area contributed by atoms with E-state index in [0.29, 0.717) is 11.7 Å². The molecule has 134 valence electrons. The second-order valence-corrected chi connectivity index (χ2v) is 7.10. The summed E-state index contributed by atoms with van der Waals surface area (Å²) < 4.78 is 7.13. The van der Waals surface area contributed by atoms with Gasteiger partial charge in [0, 0.05) is 12.3 Å². The van der Waals surface area contributed by atoms with Crippen molar-refractivity contribution in [2.75, 3.05) is 17.7 Å². The summed E-state index contributed by atoms with van der Waals surface area (Å²) in [5.74, 6) is 0.0605. The molecule has 7 nitrogen and oxygen atoms in total. The molecule has 1 aliphatic rings. The van der Waals surface area contributed by atoms with E-state index in [1.54, 1.807) is 4.57 Å². The van der Waals surface area contributed by atoms with Crippen LogP contribution in [0.1, 0.15) is 24.0 Å².